The predicted octanol–water partition coefficient (Wildman–Crippen LogP) is 22.9. The summed E-state index contributed by atoms with van der Waals surface area (Å²) in [6, 6.07) is 19.2. The molecule has 9 rings (SSSR count). The third-order valence-electron chi connectivity index (χ3n) is 20.1. The highest BCUT2D eigenvalue weighted by atomic mass is 16.7. The van der Waals surface area contributed by atoms with Gasteiger partial charge in [-0.05, 0) is 49.9 Å². The van der Waals surface area contributed by atoms with Gasteiger partial charge in [-0.3, -0.25) is 0 Å². The number of nitrogens with zero attached hydrogens (tertiary/aromatic N) is 2. The van der Waals surface area contributed by atoms with Crippen LogP contribution >= 0.6 is 0 Å². The molecule has 0 radical (unpaired) electrons. The van der Waals surface area contributed by atoms with E-state index in [1.165, 1.54) is 173 Å². The van der Waals surface area contributed by atoms with E-state index in [0.717, 1.165) is 151 Å². The van der Waals surface area contributed by atoms with Crippen molar-refractivity contribution in [2.45, 2.75) is 308 Å². The monoisotopic (exact) mass is 1200 g/mol. The Kier molecular flexibility index (Phi) is 27.4. The minimum absolute atomic E-state index is 0.0143. The van der Waals surface area contributed by atoms with E-state index in [9.17, 15) is 10.5 Å². The van der Waals surface area contributed by atoms with Gasteiger partial charge in [-0.15, -0.1) is 0 Å². The zero-order valence-electron chi connectivity index (χ0n) is 55.0. The van der Waals surface area contributed by atoms with Crippen LogP contribution in [0.15, 0.2) is 36.4 Å². The Morgan fingerprint density at radius 1 is 0.261 bits per heavy atom. The van der Waals surface area contributed by atoms with Gasteiger partial charge in [-0.2, -0.15) is 10.5 Å². The maximum absolute atomic E-state index is 11.6. The summed E-state index contributed by atoms with van der Waals surface area (Å²) in [7, 11) is 0. The molecule has 88 heavy (non-hydrogen) atoms. The predicted molar refractivity (Wildman–Crippen MR) is 354 cm³/mol. The molecule has 0 N–H and O–H groups in total. The van der Waals surface area contributed by atoms with Crippen molar-refractivity contribution in [1.82, 2.24) is 0 Å². The van der Waals surface area contributed by atoms with Gasteiger partial charge in [-0.25, -0.2) is 0 Å². The fourth-order valence-corrected chi connectivity index (χ4v) is 15.2. The van der Waals surface area contributed by atoms with Crippen LogP contribution in [0.1, 0.15) is 364 Å². The van der Waals surface area contributed by atoms with Gasteiger partial charge in [-0.1, -0.05) is 259 Å². The van der Waals surface area contributed by atoms with Gasteiger partial charge in [0.25, 0.3) is 0 Å². The third kappa shape index (κ3) is 17.4. The second kappa shape index (κ2) is 36.2. The molecule has 5 aliphatic rings. The summed E-state index contributed by atoms with van der Waals surface area (Å²) in [5.74, 6) is 4.29. The first-order chi connectivity index (χ1) is 43.5. The van der Waals surface area contributed by atoms with Crippen LogP contribution in [0.3, 0.4) is 0 Å². The molecule has 8 bridgehead atoms. The van der Waals surface area contributed by atoms with Crippen LogP contribution < -0.4 is 37.9 Å². The van der Waals surface area contributed by atoms with Crippen molar-refractivity contribution in [2.75, 3.05) is 27.2 Å². The minimum Gasteiger partial charge on any atom is -0.457 e. The molecule has 480 valence electrons. The molecule has 1 aliphatic carbocycles. The Labute approximate surface area is 531 Å². The van der Waals surface area contributed by atoms with Gasteiger partial charge < -0.3 is 37.9 Å². The van der Waals surface area contributed by atoms with Gasteiger partial charge in [0.15, 0.2) is 0 Å². The first-order valence-corrected chi connectivity index (χ1v) is 36.1. The Balaban J connectivity index is 1.23. The molecule has 10 nitrogen and oxygen atoms in total. The molecule has 0 fully saturated rings. The molecule has 0 aromatic heterocycles. The van der Waals surface area contributed by atoms with Crippen molar-refractivity contribution >= 4 is 0 Å². The summed E-state index contributed by atoms with van der Waals surface area (Å²) in [5, 5.41) is 23.3. The van der Waals surface area contributed by atoms with Gasteiger partial charge in [0.1, 0.15) is 69.3 Å². The van der Waals surface area contributed by atoms with Gasteiger partial charge in [0.2, 0.25) is 27.2 Å². The van der Waals surface area contributed by atoms with E-state index in [-0.39, 0.29) is 50.8 Å². The smallest absolute Gasteiger partial charge is 0.231 e. The Bertz CT molecular complexity index is 2710. The van der Waals surface area contributed by atoms with Crippen LogP contribution in [-0.2, 0) is 0 Å². The molecule has 0 saturated carbocycles. The summed E-state index contributed by atoms with van der Waals surface area (Å²) in [4.78, 5) is 0. The van der Waals surface area contributed by atoms with Crippen molar-refractivity contribution in [3.8, 4) is 58.1 Å². The Hall–Kier alpha value is -5.74. The summed E-state index contributed by atoms with van der Waals surface area (Å²) < 4.78 is 54.4. The second-order valence-corrected chi connectivity index (χ2v) is 26.6. The lowest BCUT2D eigenvalue weighted by Crippen LogP contribution is -2.23. The number of unbranched alkanes of at least 4 members (excludes halogenated alkanes) is 32. The summed E-state index contributed by atoms with van der Waals surface area (Å²) in [5.41, 5.74) is 9.10. The average Bonchev–Trinajstić information content (AvgIpc) is 0.872. The zero-order valence-corrected chi connectivity index (χ0v) is 55.0. The molecule has 10 heteroatoms. The fourth-order valence-electron chi connectivity index (χ4n) is 15.2. The van der Waals surface area contributed by atoms with Crippen LogP contribution in [0.4, 0.5) is 0 Å². The topological polar surface area (TPSA) is 121 Å². The molecule has 0 amide bonds. The van der Waals surface area contributed by atoms with E-state index < -0.39 is 0 Å². The lowest BCUT2D eigenvalue weighted by molar-refractivity contribution is 0.0978. The first kappa shape index (κ1) is 66.7. The van der Waals surface area contributed by atoms with Crippen molar-refractivity contribution in [3.05, 3.63) is 92.0 Å². The Morgan fingerprint density at radius 3 is 0.705 bits per heavy atom. The molecule has 4 aromatic carbocycles. The van der Waals surface area contributed by atoms with Crippen LogP contribution in [0, 0.1) is 22.7 Å². The molecular formula is C78H110N2O8. The van der Waals surface area contributed by atoms with Crippen molar-refractivity contribution < 1.29 is 37.9 Å². The highest BCUT2D eigenvalue weighted by Gasteiger charge is 2.40. The van der Waals surface area contributed by atoms with Gasteiger partial charge in [0.05, 0.1) is 0 Å². The lowest BCUT2D eigenvalue weighted by Gasteiger charge is -2.35. The number of benzene rings is 4. The quantitative estimate of drug-likeness (QED) is 0.0398. The maximum Gasteiger partial charge on any atom is 0.231 e. The largest absolute Gasteiger partial charge is 0.457 e. The molecule has 2 unspecified atom stereocenters. The summed E-state index contributed by atoms with van der Waals surface area (Å²) >= 11 is 0. The molecular weight excluding hydrogens is 1090 g/mol. The van der Waals surface area contributed by atoms with Gasteiger partial charge in [0, 0.05) is 80.3 Å². The lowest BCUT2D eigenvalue weighted by atomic mass is 9.75. The maximum atomic E-state index is 11.6. The van der Waals surface area contributed by atoms with Gasteiger partial charge >= 0.3 is 0 Å². The molecule has 4 aromatic rings. The standard InChI is InChI=1S/C78H110N2O8/c1-5-9-13-17-21-25-29-33-37-41-57-61-45-63-58(42-38-34-30-26-22-18-14-10-6-2)65-47-67-60(44-40-36-32-28-24-20-16-12-8-4)68-48-66-59(43-39-35-31-27-23-19-15-11-7-3)64-46-62(57)72-50-74(64)84-55-86-76(66)70(52-80)78(68)88-56-87-77(67)69(51-79)75(65)85-54-83-73(63)49-71(61)81-53-82-72/h45-50,57-60H,5-44,53-56H2,1-4H3. The van der Waals surface area contributed by atoms with Crippen LogP contribution in [-0.4, -0.2) is 27.2 Å². The van der Waals surface area contributed by atoms with Crippen LogP contribution in [0.25, 0.3) is 0 Å². The zero-order chi connectivity index (χ0) is 61.1. The molecule has 4 heterocycles. The SMILES string of the molecule is CCCCCCCCCCCC1c2cc3c4cc2OCOc2cc5c(cc21)C(CCCCCCCCCCC)c1cc2c(c(C#N)c1OCO5)OCOc1c(cc(c(c1C#N)OCO4)C3CCCCCCCCCCC)C2CCCCCCCCCCC. The normalized spacial score (nSPS) is 17.4. The van der Waals surface area contributed by atoms with Crippen molar-refractivity contribution in [3.63, 3.8) is 0 Å². The second-order valence-electron chi connectivity index (χ2n) is 26.6. The molecule has 4 aliphatic heterocycles. The first-order valence-electron chi connectivity index (χ1n) is 36.1. The van der Waals surface area contributed by atoms with E-state index >= 15 is 0 Å². The summed E-state index contributed by atoms with van der Waals surface area (Å²) in [6.45, 7) is 8.77. The fraction of sp³-hybridized carbons (Fsp3) is 0.667. The van der Waals surface area contributed by atoms with E-state index in [4.69, 9.17) is 37.9 Å². The third-order valence-corrected chi connectivity index (χ3v) is 20.1. The van der Waals surface area contributed by atoms with E-state index in [1.54, 1.807) is 0 Å². The molecule has 0 saturated heterocycles. The number of nitriles is 2. The van der Waals surface area contributed by atoms with Crippen molar-refractivity contribution in [2.24, 2.45) is 0 Å². The highest BCUT2D eigenvalue weighted by Crippen LogP contribution is 2.57. The number of hydrogen-bond acceptors (Lipinski definition) is 10. The van der Waals surface area contributed by atoms with Crippen LogP contribution in [0.5, 0.6) is 46.0 Å². The number of ether oxygens (including phenoxy) is 8. The molecule has 0 spiro atoms. The summed E-state index contributed by atoms with van der Waals surface area (Å²) in [6.07, 6.45) is 47.3. The molecule has 2 atom stereocenters. The van der Waals surface area contributed by atoms with E-state index in [0.29, 0.717) is 34.1 Å². The Morgan fingerprint density at radius 2 is 0.455 bits per heavy atom. The van der Waals surface area contributed by atoms with E-state index in [1.807, 2.05) is 0 Å². The highest BCUT2D eigenvalue weighted by molar-refractivity contribution is 5.70. The number of rotatable bonds is 40. The number of hydrogen-bond donors (Lipinski definition) is 0. The average molecular weight is 1200 g/mol. The minimum atomic E-state index is -0.286. The van der Waals surface area contributed by atoms with Crippen molar-refractivity contribution in [1.29, 1.82) is 10.5 Å². The van der Waals surface area contributed by atoms with E-state index in [2.05, 4.69) is 76.2 Å². The van der Waals surface area contributed by atoms with Crippen LogP contribution in [0.2, 0.25) is 0 Å².